The van der Waals surface area contributed by atoms with Crippen LogP contribution >= 0.6 is 0 Å². The first-order valence-electron chi connectivity index (χ1n) is 4.82. The van der Waals surface area contributed by atoms with Crippen LogP contribution < -0.4 is 0 Å². The van der Waals surface area contributed by atoms with E-state index < -0.39 is 9.04 Å². The molecule has 0 N–H and O–H groups in total. The standard InChI is InChI=1S/C10H20OSi/c1-9(10(2,3)4)12-8-6-5-7-11-12/h12H,1,5-8H2,2-4H3. The highest BCUT2D eigenvalue weighted by atomic mass is 28.3. The van der Waals surface area contributed by atoms with Crippen LogP contribution in [0.4, 0.5) is 0 Å². The van der Waals surface area contributed by atoms with Crippen molar-refractivity contribution in [3.63, 3.8) is 0 Å². The van der Waals surface area contributed by atoms with Gasteiger partial charge in [0, 0.05) is 6.61 Å². The van der Waals surface area contributed by atoms with Crippen LogP contribution in [-0.4, -0.2) is 15.6 Å². The maximum absolute atomic E-state index is 5.81. The number of hydrogen-bond acceptors (Lipinski definition) is 1. The van der Waals surface area contributed by atoms with Crippen molar-refractivity contribution < 1.29 is 4.43 Å². The van der Waals surface area contributed by atoms with E-state index in [1.807, 2.05) is 0 Å². The summed E-state index contributed by atoms with van der Waals surface area (Å²) in [4.78, 5) is 0. The summed E-state index contributed by atoms with van der Waals surface area (Å²) < 4.78 is 5.81. The fraction of sp³-hybridized carbons (Fsp3) is 0.800. The molecule has 1 unspecified atom stereocenters. The highest BCUT2D eigenvalue weighted by Gasteiger charge is 2.27. The highest BCUT2D eigenvalue weighted by molar-refractivity contribution is 6.60. The molecule has 1 aliphatic heterocycles. The minimum atomic E-state index is -1.04. The molecular weight excluding hydrogens is 164 g/mol. The molecular formula is C10H20OSi. The van der Waals surface area contributed by atoms with Crippen molar-refractivity contribution >= 4 is 9.04 Å². The molecule has 0 bridgehead atoms. The Balaban J connectivity index is 2.51. The van der Waals surface area contributed by atoms with E-state index >= 15 is 0 Å². The second kappa shape index (κ2) is 3.75. The second-order valence-corrected chi connectivity index (χ2v) is 7.22. The highest BCUT2D eigenvalue weighted by Crippen LogP contribution is 2.29. The number of hydrogen-bond donors (Lipinski definition) is 0. The van der Waals surface area contributed by atoms with Crippen LogP contribution in [0.1, 0.15) is 33.6 Å². The predicted octanol–water partition coefficient (Wildman–Crippen LogP) is 2.66. The fourth-order valence-electron chi connectivity index (χ4n) is 1.50. The molecule has 1 atom stereocenters. The smallest absolute Gasteiger partial charge is 0.204 e. The van der Waals surface area contributed by atoms with Crippen molar-refractivity contribution in [2.45, 2.75) is 39.7 Å². The lowest BCUT2D eigenvalue weighted by molar-refractivity contribution is 0.286. The Morgan fingerprint density at radius 3 is 2.42 bits per heavy atom. The van der Waals surface area contributed by atoms with Crippen LogP contribution in [0.3, 0.4) is 0 Å². The average Bonchev–Trinajstić information content (AvgIpc) is 2.03. The summed E-state index contributed by atoms with van der Waals surface area (Å²) in [6.45, 7) is 11.9. The SMILES string of the molecule is C=C([SiH]1CCCCO1)C(C)(C)C. The van der Waals surface area contributed by atoms with Gasteiger partial charge in [-0.2, -0.15) is 0 Å². The molecule has 0 aliphatic carbocycles. The topological polar surface area (TPSA) is 9.23 Å². The lowest BCUT2D eigenvalue weighted by Crippen LogP contribution is -2.31. The third kappa shape index (κ3) is 2.46. The molecule has 0 radical (unpaired) electrons. The van der Waals surface area contributed by atoms with Gasteiger partial charge in [-0.1, -0.05) is 32.4 Å². The number of rotatable bonds is 1. The molecule has 1 saturated heterocycles. The minimum absolute atomic E-state index is 0.258. The monoisotopic (exact) mass is 184 g/mol. The van der Waals surface area contributed by atoms with E-state index in [0.29, 0.717) is 0 Å². The van der Waals surface area contributed by atoms with Crippen molar-refractivity contribution in [3.05, 3.63) is 11.8 Å². The molecule has 12 heavy (non-hydrogen) atoms. The van der Waals surface area contributed by atoms with Crippen LogP contribution in [0.5, 0.6) is 0 Å². The van der Waals surface area contributed by atoms with Crippen molar-refractivity contribution in [1.29, 1.82) is 0 Å². The Labute approximate surface area is 77.5 Å². The van der Waals surface area contributed by atoms with E-state index in [2.05, 4.69) is 27.4 Å². The molecule has 1 nitrogen and oxygen atoms in total. The quantitative estimate of drug-likeness (QED) is 0.569. The average molecular weight is 184 g/mol. The van der Waals surface area contributed by atoms with Crippen LogP contribution in [0.2, 0.25) is 6.04 Å². The lowest BCUT2D eigenvalue weighted by atomic mass is 9.97. The third-order valence-corrected chi connectivity index (χ3v) is 5.75. The second-order valence-electron chi connectivity index (χ2n) is 4.63. The maximum atomic E-state index is 5.81. The minimum Gasteiger partial charge on any atom is -0.416 e. The lowest BCUT2D eigenvalue weighted by Gasteiger charge is -2.30. The van der Waals surface area contributed by atoms with E-state index in [-0.39, 0.29) is 5.41 Å². The molecule has 70 valence electrons. The Bertz CT molecular complexity index is 163. The molecule has 1 rings (SSSR count). The van der Waals surface area contributed by atoms with Gasteiger partial charge < -0.3 is 4.43 Å². The Hall–Kier alpha value is -0.0831. The zero-order chi connectivity index (χ0) is 9.19. The van der Waals surface area contributed by atoms with Gasteiger partial charge in [0.2, 0.25) is 9.04 Å². The van der Waals surface area contributed by atoms with Gasteiger partial charge in [0.15, 0.2) is 0 Å². The molecule has 1 aliphatic rings. The van der Waals surface area contributed by atoms with E-state index in [1.54, 1.807) is 0 Å². The molecule has 0 saturated carbocycles. The summed E-state index contributed by atoms with van der Waals surface area (Å²) >= 11 is 0. The summed E-state index contributed by atoms with van der Waals surface area (Å²) in [5, 5.41) is 1.39. The van der Waals surface area contributed by atoms with Crippen LogP contribution in [0.15, 0.2) is 11.8 Å². The Morgan fingerprint density at radius 2 is 2.00 bits per heavy atom. The van der Waals surface area contributed by atoms with Gasteiger partial charge in [-0.3, -0.25) is 0 Å². The molecule has 0 aromatic rings. The molecule has 1 heterocycles. The Morgan fingerprint density at radius 1 is 1.33 bits per heavy atom. The molecule has 1 fully saturated rings. The summed E-state index contributed by atoms with van der Waals surface area (Å²) in [5.41, 5.74) is 0.258. The maximum Gasteiger partial charge on any atom is 0.204 e. The van der Waals surface area contributed by atoms with E-state index in [9.17, 15) is 0 Å². The van der Waals surface area contributed by atoms with Crippen LogP contribution in [-0.2, 0) is 4.43 Å². The van der Waals surface area contributed by atoms with E-state index in [4.69, 9.17) is 4.43 Å². The van der Waals surface area contributed by atoms with Gasteiger partial charge in [0.05, 0.1) is 0 Å². The first kappa shape index (κ1) is 10.0. The molecule has 0 spiro atoms. The number of allylic oxidation sites excluding steroid dienone is 1. The zero-order valence-corrected chi connectivity index (χ0v) is 9.68. The fourth-order valence-corrected chi connectivity index (χ4v) is 4.29. The van der Waals surface area contributed by atoms with Gasteiger partial charge in [-0.15, -0.1) is 6.58 Å². The third-order valence-electron chi connectivity index (χ3n) is 2.53. The van der Waals surface area contributed by atoms with Gasteiger partial charge in [-0.25, -0.2) is 0 Å². The van der Waals surface area contributed by atoms with Gasteiger partial charge in [0.25, 0.3) is 0 Å². The first-order valence-corrected chi connectivity index (χ1v) is 6.69. The summed E-state index contributed by atoms with van der Waals surface area (Å²) in [6.07, 6.45) is 2.60. The molecule has 0 aromatic heterocycles. The molecule has 0 amide bonds. The summed E-state index contributed by atoms with van der Waals surface area (Å²) in [6, 6.07) is 1.30. The van der Waals surface area contributed by atoms with Crippen molar-refractivity contribution in [2.75, 3.05) is 6.61 Å². The van der Waals surface area contributed by atoms with Gasteiger partial charge >= 0.3 is 0 Å². The molecule has 2 heteroatoms. The normalized spacial score (nSPS) is 25.4. The van der Waals surface area contributed by atoms with Gasteiger partial charge in [-0.05, 0) is 17.9 Å². The first-order chi connectivity index (χ1) is 5.52. The van der Waals surface area contributed by atoms with Crippen molar-refractivity contribution in [2.24, 2.45) is 5.41 Å². The molecule has 0 aromatic carbocycles. The summed E-state index contributed by atoms with van der Waals surface area (Å²) in [5.74, 6) is 0. The van der Waals surface area contributed by atoms with Crippen LogP contribution in [0.25, 0.3) is 0 Å². The summed E-state index contributed by atoms with van der Waals surface area (Å²) in [7, 11) is -1.04. The van der Waals surface area contributed by atoms with E-state index in [0.717, 1.165) is 6.61 Å². The predicted molar refractivity (Wildman–Crippen MR) is 55.7 cm³/mol. The van der Waals surface area contributed by atoms with E-state index in [1.165, 1.54) is 24.1 Å². The van der Waals surface area contributed by atoms with Crippen LogP contribution in [0, 0.1) is 5.41 Å². The van der Waals surface area contributed by atoms with Gasteiger partial charge in [0.1, 0.15) is 0 Å². The van der Waals surface area contributed by atoms with Crippen molar-refractivity contribution in [3.8, 4) is 0 Å². The Kier molecular flexibility index (Phi) is 3.13. The largest absolute Gasteiger partial charge is 0.416 e. The van der Waals surface area contributed by atoms with Crippen molar-refractivity contribution in [1.82, 2.24) is 0 Å². The zero-order valence-electron chi connectivity index (χ0n) is 8.52.